The fourth-order valence-corrected chi connectivity index (χ4v) is 1.52. The smallest absolute Gasteiger partial charge is 0.129 e. The Balaban J connectivity index is 2.50. The summed E-state index contributed by atoms with van der Waals surface area (Å²) in [5, 5.41) is 3.70. The minimum atomic E-state index is -0.237. The highest BCUT2D eigenvalue weighted by Crippen LogP contribution is 2.18. The Kier molecular flexibility index (Phi) is 5.06. The van der Waals surface area contributed by atoms with Crippen LogP contribution in [0.1, 0.15) is 25.8 Å². The van der Waals surface area contributed by atoms with Crippen LogP contribution in [0.15, 0.2) is 18.2 Å². The van der Waals surface area contributed by atoms with Crippen molar-refractivity contribution in [2.45, 2.75) is 26.8 Å². The van der Waals surface area contributed by atoms with Gasteiger partial charge in [-0.05, 0) is 24.6 Å². The van der Waals surface area contributed by atoms with Crippen molar-refractivity contribution in [1.82, 2.24) is 5.32 Å². The predicted octanol–water partition coefficient (Wildman–Crippen LogP) is 3.61. The molecule has 1 unspecified atom stereocenters. The number of benzene rings is 1. The second-order valence-electron chi connectivity index (χ2n) is 3.84. The molecule has 3 heteroatoms. The Labute approximate surface area is 95.6 Å². The fraction of sp³-hybridized carbons (Fsp3) is 0.500. The minimum Gasteiger partial charge on any atom is -0.312 e. The van der Waals surface area contributed by atoms with Crippen LogP contribution in [-0.4, -0.2) is 6.54 Å². The van der Waals surface area contributed by atoms with Crippen molar-refractivity contribution in [2.75, 3.05) is 6.54 Å². The van der Waals surface area contributed by atoms with Crippen molar-refractivity contribution in [2.24, 2.45) is 5.92 Å². The molecular formula is C12H17ClFN. The number of hydrogen-bond acceptors (Lipinski definition) is 1. The Hall–Kier alpha value is -0.600. The molecule has 0 radical (unpaired) electrons. The lowest BCUT2D eigenvalue weighted by atomic mass is 10.1. The molecule has 1 atom stereocenters. The first kappa shape index (κ1) is 12.5. The first-order valence-electron chi connectivity index (χ1n) is 5.28. The predicted molar refractivity (Wildman–Crippen MR) is 62.6 cm³/mol. The van der Waals surface area contributed by atoms with Gasteiger partial charge >= 0.3 is 0 Å². The second-order valence-corrected chi connectivity index (χ2v) is 4.25. The number of halogens is 2. The Morgan fingerprint density at radius 1 is 1.47 bits per heavy atom. The number of rotatable bonds is 5. The van der Waals surface area contributed by atoms with E-state index in [1.54, 1.807) is 12.1 Å². The largest absolute Gasteiger partial charge is 0.312 e. The third-order valence-electron chi connectivity index (χ3n) is 2.55. The molecule has 0 aliphatic rings. The van der Waals surface area contributed by atoms with Gasteiger partial charge in [-0.3, -0.25) is 0 Å². The molecule has 0 saturated heterocycles. The van der Waals surface area contributed by atoms with Crippen LogP contribution >= 0.6 is 11.6 Å². The first-order valence-corrected chi connectivity index (χ1v) is 5.66. The molecule has 0 aliphatic carbocycles. The van der Waals surface area contributed by atoms with E-state index >= 15 is 0 Å². The quantitative estimate of drug-likeness (QED) is 0.813. The zero-order valence-corrected chi connectivity index (χ0v) is 9.94. The van der Waals surface area contributed by atoms with E-state index in [1.807, 2.05) is 0 Å². The van der Waals surface area contributed by atoms with Gasteiger partial charge in [0.15, 0.2) is 0 Å². The van der Waals surface area contributed by atoms with Gasteiger partial charge in [-0.1, -0.05) is 37.9 Å². The molecule has 84 valence electrons. The molecule has 0 bridgehead atoms. The average molecular weight is 230 g/mol. The summed E-state index contributed by atoms with van der Waals surface area (Å²) in [5.74, 6) is 0.370. The van der Waals surface area contributed by atoms with Crippen molar-refractivity contribution in [3.05, 3.63) is 34.6 Å². The maximum atomic E-state index is 13.3. The molecule has 0 saturated carbocycles. The fourth-order valence-electron chi connectivity index (χ4n) is 1.29. The van der Waals surface area contributed by atoms with E-state index in [2.05, 4.69) is 19.2 Å². The van der Waals surface area contributed by atoms with Crippen LogP contribution in [0.4, 0.5) is 4.39 Å². The van der Waals surface area contributed by atoms with Gasteiger partial charge in [-0.2, -0.15) is 0 Å². The standard InChI is InChI=1S/C12H17ClFN/c1-3-9(2)7-15-8-10-11(13)5-4-6-12(10)14/h4-6,9,15H,3,7-8H2,1-2H3. The highest BCUT2D eigenvalue weighted by Gasteiger charge is 2.06. The lowest BCUT2D eigenvalue weighted by Gasteiger charge is -2.11. The van der Waals surface area contributed by atoms with Crippen LogP contribution in [0.5, 0.6) is 0 Å². The molecule has 1 aromatic carbocycles. The Morgan fingerprint density at radius 3 is 2.80 bits per heavy atom. The van der Waals surface area contributed by atoms with Gasteiger partial charge in [0.2, 0.25) is 0 Å². The van der Waals surface area contributed by atoms with Crippen molar-refractivity contribution in [3.8, 4) is 0 Å². The van der Waals surface area contributed by atoms with Crippen LogP contribution in [0.2, 0.25) is 5.02 Å². The van der Waals surface area contributed by atoms with Crippen molar-refractivity contribution >= 4 is 11.6 Å². The number of nitrogens with one attached hydrogen (secondary N) is 1. The van der Waals surface area contributed by atoms with Crippen molar-refractivity contribution in [3.63, 3.8) is 0 Å². The maximum absolute atomic E-state index is 13.3. The summed E-state index contributed by atoms with van der Waals surface area (Å²) in [7, 11) is 0. The molecule has 0 spiro atoms. The summed E-state index contributed by atoms with van der Waals surface area (Å²) in [5.41, 5.74) is 0.558. The molecule has 15 heavy (non-hydrogen) atoms. The van der Waals surface area contributed by atoms with E-state index in [1.165, 1.54) is 6.07 Å². The van der Waals surface area contributed by atoms with Crippen LogP contribution < -0.4 is 5.32 Å². The van der Waals surface area contributed by atoms with Gasteiger partial charge in [-0.15, -0.1) is 0 Å². The topological polar surface area (TPSA) is 12.0 Å². The van der Waals surface area contributed by atoms with E-state index < -0.39 is 0 Å². The third kappa shape index (κ3) is 3.80. The zero-order chi connectivity index (χ0) is 11.3. The Bertz CT molecular complexity index is 294. The molecule has 1 N–H and O–H groups in total. The van der Waals surface area contributed by atoms with E-state index in [-0.39, 0.29) is 5.82 Å². The van der Waals surface area contributed by atoms with E-state index in [0.717, 1.165) is 13.0 Å². The molecule has 0 amide bonds. The molecule has 1 rings (SSSR count). The monoisotopic (exact) mass is 229 g/mol. The van der Waals surface area contributed by atoms with Crippen LogP contribution in [0.3, 0.4) is 0 Å². The van der Waals surface area contributed by atoms with E-state index in [4.69, 9.17) is 11.6 Å². The molecule has 0 heterocycles. The SMILES string of the molecule is CCC(C)CNCc1c(F)cccc1Cl. The van der Waals surface area contributed by atoms with Gasteiger partial charge < -0.3 is 5.32 Å². The maximum Gasteiger partial charge on any atom is 0.129 e. The number of hydrogen-bond donors (Lipinski definition) is 1. The van der Waals surface area contributed by atoms with Crippen LogP contribution in [0, 0.1) is 11.7 Å². The van der Waals surface area contributed by atoms with Crippen LogP contribution in [-0.2, 0) is 6.54 Å². The molecule has 0 aromatic heterocycles. The molecule has 0 aliphatic heterocycles. The molecule has 1 aromatic rings. The van der Waals surface area contributed by atoms with E-state index in [9.17, 15) is 4.39 Å². The summed E-state index contributed by atoms with van der Waals surface area (Å²) in [6.45, 7) is 5.69. The highest BCUT2D eigenvalue weighted by atomic mass is 35.5. The summed E-state index contributed by atoms with van der Waals surface area (Å²) < 4.78 is 13.3. The highest BCUT2D eigenvalue weighted by molar-refractivity contribution is 6.31. The van der Waals surface area contributed by atoms with Crippen molar-refractivity contribution in [1.29, 1.82) is 0 Å². The summed E-state index contributed by atoms with van der Waals surface area (Å²) >= 11 is 5.90. The van der Waals surface area contributed by atoms with Gasteiger partial charge in [0, 0.05) is 17.1 Å². The normalized spacial score (nSPS) is 12.8. The van der Waals surface area contributed by atoms with Gasteiger partial charge in [0.25, 0.3) is 0 Å². The Morgan fingerprint density at radius 2 is 2.20 bits per heavy atom. The van der Waals surface area contributed by atoms with Crippen molar-refractivity contribution < 1.29 is 4.39 Å². The third-order valence-corrected chi connectivity index (χ3v) is 2.91. The minimum absolute atomic E-state index is 0.237. The zero-order valence-electron chi connectivity index (χ0n) is 9.19. The van der Waals surface area contributed by atoms with E-state index in [0.29, 0.717) is 23.0 Å². The lowest BCUT2D eigenvalue weighted by molar-refractivity contribution is 0.492. The van der Waals surface area contributed by atoms with Gasteiger partial charge in [-0.25, -0.2) is 4.39 Å². The molecular weight excluding hydrogens is 213 g/mol. The first-order chi connectivity index (χ1) is 7.15. The lowest BCUT2D eigenvalue weighted by Crippen LogP contribution is -2.21. The average Bonchev–Trinajstić information content (AvgIpc) is 2.22. The van der Waals surface area contributed by atoms with Crippen LogP contribution in [0.25, 0.3) is 0 Å². The van der Waals surface area contributed by atoms with Gasteiger partial charge in [0.1, 0.15) is 5.82 Å². The summed E-state index contributed by atoms with van der Waals surface area (Å²) in [4.78, 5) is 0. The van der Waals surface area contributed by atoms with Gasteiger partial charge in [0.05, 0.1) is 0 Å². The molecule has 1 nitrogen and oxygen atoms in total. The molecule has 0 fully saturated rings. The summed E-state index contributed by atoms with van der Waals surface area (Å²) in [6.07, 6.45) is 1.12. The second kappa shape index (κ2) is 6.09. The summed E-state index contributed by atoms with van der Waals surface area (Å²) in [6, 6.07) is 4.77.